The number of alkyl carbamates (subject to hydrolysis) is 1. The van der Waals surface area contributed by atoms with Crippen LogP contribution in [0.15, 0.2) is 54.6 Å². The summed E-state index contributed by atoms with van der Waals surface area (Å²) in [5.41, 5.74) is 0.630. The summed E-state index contributed by atoms with van der Waals surface area (Å²) in [4.78, 5) is 55.6. The lowest BCUT2D eigenvalue weighted by Gasteiger charge is -2.35. The first-order valence-corrected chi connectivity index (χ1v) is 15.3. The third-order valence-corrected chi connectivity index (χ3v) is 6.68. The summed E-state index contributed by atoms with van der Waals surface area (Å²) < 4.78 is 11.0. The summed E-state index contributed by atoms with van der Waals surface area (Å²) in [5, 5.41) is 15.3. The van der Waals surface area contributed by atoms with Crippen molar-refractivity contribution in [2.75, 3.05) is 6.54 Å². The zero-order chi connectivity index (χ0) is 33.9. The van der Waals surface area contributed by atoms with E-state index in [4.69, 9.17) is 9.47 Å². The quantitative estimate of drug-likeness (QED) is 0.244. The largest absolute Gasteiger partial charge is 0.458 e. The summed E-state index contributed by atoms with van der Waals surface area (Å²) in [5.74, 6) is -2.36. The van der Waals surface area contributed by atoms with E-state index in [0.717, 1.165) is 22.4 Å². The van der Waals surface area contributed by atoms with E-state index in [9.17, 15) is 24.4 Å². The molecule has 10 nitrogen and oxygen atoms in total. The fourth-order valence-corrected chi connectivity index (χ4v) is 4.57. The fraction of sp³-hybridized carbons (Fsp3) is 0.514. The second kappa shape index (κ2) is 16.1. The van der Waals surface area contributed by atoms with Gasteiger partial charge in [-0.2, -0.15) is 5.26 Å². The Labute approximate surface area is 267 Å². The molecule has 2 aromatic rings. The normalized spacial score (nSPS) is 13.5. The number of carbonyl (C=O) groups excluding carboxylic acids is 4. The topological polar surface area (TPSA) is 138 Å². The number of ether oxygens (including phenoxy) is 2. The monoisotopic (exact) mass is 620 g/mol. The molecule has 0 saturated heterocycles. The maximum atomic E-state index is 14.3. The Morgan fingerprint density at radius 2 is 1.42 bits per heavy atom. The van der Waals surface area contributed by atoms with Crippen LogP contribution in [0.5, 0.6) is 0 Å². The molecule has 0 bridgehead atoms. The molecule has 0 heterocycles. The lowest BCUT2D eigenvalue weighted by atomic mass is 9.97. The molecule has 10 heteroatoms. The second-order valence-corrected chi connectivity index (χ2v) is 13.3. The molecule has 45 heavy (non-hydrogen) atoms. The number of carbonyl (C=O) groups is 4. The highest BCUT2D eigenvalue weighted by Gasteiger charge is 2.39. The Balaban J connectivity index is 2.58. The summed E-state index contributed by atoms with van der Waals surface area (Å²) in [7, 11) is 0. The van der Waals surface area contributed by atoms with Crippen LogP contribution in [0.1, 0.15) is 85.0 Å². The SMILES string of the molecule is CCc1ccc(C(C(=O)NC(Cc2ccccc2)C(=O)OC(C)(C)C)N(CC#N)C(=O)C(NC(=O)OC(C)(C)C)C(C)C)cc1. The van der Waals surface area contributed by atoms with Gasteiger partial charge in [0.05, 0.1) is 6.07 Å². The molecule has 0 aliphatic carbocycles. The zero-order valence-corrected chi connectivity index (χ0v) is 28.0. The van der Waals surface area contributed by atoms with E-state index in [-0.39, 0.29) is 6.42 Å². The van der Waals surface area contributed by atoms with Gasteiger partial charge in [-0.15, -0.1) is 0 Å². The highest BCUT2D eigenvalue weighted by molar-refractivity contribution is 5.94. The number of amides is 3. The van der Waals surface area contributed by atoms with E-state index in [1.807, 2.05) is 55.5 Å². The van der Waals surface area contributed by atoms with Gasteiger partial charge in [0, 0.05) is 6.42 Å². The van der Waals surface area contributed by atoms with Gasteiger partial charge in [0.25, 0.3) is 0 Å². The molecule has 0 radical (unpaired) electrons. The van der Waals surface area contributed by atoms with Crippen molar-refractivity contribution in [2.24, 2.45) is 5.92 Å². The fourth-order valence-electron chi connectivity index (χ4n) is 4.57. The second-order valence-electron chi connectivity index (χ2n) is 13.3. The van der Waals surface area contributed by atoms with Crippen LogP contribution in [-0.4, -0.2) is 58.6 Å². The molecule has 2 N–H and O–H groups in total. The lowest BCUT2D eigenvalue weighted by Crippen LogP contribution is -2.56. The van der Waals surface area contributed by atoms with Crippen molar-refractivity contribution in [2.45, 2.75) is 104 Å². The molecule has 3 atom stereocenters. The first kappa shape index (κ1) is 36.8. The average molecular weight is 621 g/mol. The van der Waals surface area contributed by atoms with Crippen LogP contribution in [-0.2, 0) is 36.7 Å². The van der Waals surface area contributed by atoms with Crippen molar-refractivity contribution in [3.63, 3.8) is 0 Å². The Bertz CT molecular complexity index is 1340. The molecular weight excluding hydrogens is 572 g/mol. The van der Waals surface area contributed by atoms with E-state index < -0.39 is 65.7 Å². The Morgan fingerprint density at radius 1 is 0.844 bits per heavy atom. The summed E-state index contributed by atoms with van der Waals surface area (Å²) in [6, 6.07) is 14.8. The van der Waals surface area contributed by atoms with Crippen LogP contribution in [0.3, 0.4) is 0 Å². The number of hydrogen-bond donors (Lipinski definition) is 2. The van der Waals surface area contributed by atoms with E-state index in [2.05, 4.69) is 10.6 Å². The zero-order valence-electron chi connectivity index (χ0n) is 28.0. The maximum absolute atomic E-state index is 14.3. The van der Waals surface area contributed by atoms with Crippen LogP contribution >= 0.6 is 0 Å². The van der Waals surface area contributed by atoms with Gasteiger partial charge in [0.15, 0.2) is 0 Å². The van der Waals surface area contributed by atoms with Crippen LogP contribution in [0, 0.1) is 17.2 Å². The molecule has 2 aromatic carbocycles. The van der Waals surface area contributed by atoms with Gasteiger partial charge < -0.3 is 25.0 Å². The standard InChI is InChI=1S/C35H48N4O6/c1-10-24-16-18-26(19-17-24)29(39(21-20-36)31(41)28(23(2)3)38-33(43)45-35(7,8)9)30(40)37-27(32(42)44-34(4,5)6)22-25-14-12-11-13-15-25/h11-19,23,27-29H,10,21-22H2,1-9H3,(H,37,40)(H,38,43). The van der Waals surface area contributed by atoms with Gasteiger partial charge in [-0.25, -0.2) is 9.59 Å². The number of hydrogen-bond acceptors (Lipinski definition) is 7. The van der Waals surface area contributed by atoms with Gasteiger partial charge in [-0.3, -0.25) is 9.59 Å². The molecule has 0 spiro atoms. The molecule has 3 amide bonds. The van der Waals surface area contributed by atoms with E-state index in [1.54, 1.807) is 67.5 Å². The maximum Gasteiger partial charge on any atom is 0.408 e. The number of benzene rings is 2. The van der Waals surface area contributed by atoms with Crippen LogP contribution in [0.25, 0.3) is 0 Å². The van der Waals surface area contributed by atoms with Crippen molar-refractivity contribution in [3.05, 3.63) is 71.3 Å². The van der Waals surface area contributed by atoms with Crippen molar-refractivity contribution in [1.82, 2.24) is 15.5 Å². The third-order valence-electron chi connectivity index (χ3n) is 6.68. The molecule has 2 rings (SSSR count). The summed E-state index contributed by atoms with van der Waals surface area (Å²) in [6.07, 6.45) is 0.0993. The minimum Gasteiger partial charge on any atom is -0.458 e. The Hall–Kier alpha value is -4.39. The minimum absolute atomic E-state index is 0.143. The van der Waals surface area contributed by atoms with E-state index in [1.165, 1.54) is 0 Å². The summed E-state index contributed by atoms with van der Waals surface area (Å²) in [6.45, 7) is 15.4. The number of esters is 1. The van der Waals surface area contributed by atoms with Crippen LogP contribution < -0.4 is 10.6 Å². The van der Waals surface area contributed by atoms with Gasteiger partial charge in [-0.05, 0) is 70.6 Å². The van der Waals surface area contributed by atoms with Crippen molar-refractivity contribution in [3.8, 4) is 6.07 Å². The van der Waals surface area contributed by atoms with Crippen molar-refractivity contribution < 1.29 is 28.7 Å². The Morgan fingerprint density at radius 3 is 1.91 bits per heavy atom. The van der Waals surface area contributed by atoms with Gasteiger partial charge >= 0.3 is 12.1 Å². The van der Waals surface area contributed by atoms with Crippen LogP contribution in [0.2, 0.25) is 0 Å². The number of nitriles is 1. The highest BCUT2D eigenvalue weighted by atomic mass is 16.6. The minimum atomic E-state index is -1.30. The van der Waals surface area contributed by atoms with Crippen molar-refractivity contribution >= 4 is 23.9 Å². The first-order chi connectivity index (χ1) is 21.0. The predicted octanol–water partition coefficient (Wildman–Crippen LogP) is 5.26. The van der Waals surface area contributed by atoms with Gasteiger partial charge in [-0.1, -0.05) is 75.4 Å². The van der Waals surface area contributed by atoms with E-state index >= 15 is 0 Å². The summed E-state index contributed by atoms with van der Waals surface area (Å²) >= 11 is 0. The predicted molar refractivity (Wildman–Crippen MR) is 172 cm³/mol. The number of nitrogens with zero attached hydrogens (tertiary/aromatic N) is 2. The van der Waals surface area contributed by atoms with Crippen LogP contribution in [0.4, 0.5) is 4.79 Å². The highest BCUT2D eigenvalue weighted by Crippen LogP contribution is 2.25. The molecule has 3 unspecified atom stereocenters. The molecule has 0 saturated carbocycles. The smallest absolute Gasteiger partial charge is 0.408 e. The Kier molecular flexibility index (Phi) is 13.1. The average Bonchev–Trinajstić information content (AvgIpc) is 2.94. The van der Waals surface area contributed by atoms with E-state index in [0.29, 0.717) is 5.56 Å². The lowest BCUT2D eigenvalue weighted by molar-refractivity contribution is -0.159. The molecule has 244 valence electrons. The molecule has 0 fully saturated rings. The number of aryl methyl sites for hydroxylation is 1. The molecule has 0 aliphatic heterocycles. The number of rotatable bonds is 12. The molecule has 0 aliphatic rings. The van der Waals surface area contributed by atoms with Gasteiger partial charge in [0.1, 0.15) is 35.9 Å². The first-order valence-electron chi connectivity index (χ1n) is 15.3. The van der Waals surface area contributed by atoms with Gasteiger partial charge in [0.2, 0.25) is 11.8 Å². The molecular formula is C35H48N4O6. The van der Waals surface area contributed by atoms with Crippen molar-refractivity contribution in [1.29, 1.82) is 5.26 Å². The molecule has 0 aromatic heterocycles. The number of nitrogens with one attached hydrogen (secondary N) is 2. The third kappa shape index (κ3) is 11.9.